The molecule has 3 rings (SSSR count). The average Bonchev–Trinajstić information content (AvgIpc) is 2.99. The van der Waals surface area contributed by atoms with Gasteiger partial charge in [0.2, 0.25) is 0 Å². The maximum absolute atomic E-state index is 12.5. The van der Waals surface area contributed by atoms with Crippen LogP contribution in [0.15, 0.2) is 0 Å². The van der Waals surface area contributed by atoms with E-state index in [1.807, 2.05) is 6.92 Å². The molecule has 0 saturated carbocycles. The Morgan fingerprint density at radius 1 is 1.17 bits per heavy atom. The first-order chi connectivity index (χ1) is 8.59. The van der Waals surface area contributed by atoms with Gasteiger partial charge in [-0.15, -0.1) is 0 Å². The van der Waals surface area contributed by atoms with Gasteiger partial charge in [0.25, 0.3) is 10.2 Å². The number of nitrogens with zero attached hydrogens (tertiary/aromatic N) is 3. The Balaban J connectivity index is 1.85. The summed E-state index contributed by atoms with van der Waals surface area (Å²) >= 11 is 0. The number of rotatable bonds is 2. The smallest absolute Gasteiger partial charge is 0.282 e. The zero-order chi connectivity index (χ0) is 12.8. The predicted molar refractivity (Wildman–Crippen MR) is 67.2 cm³/mol. The molecule has 0 amide bonds. The van der Waals surface area contributed by atoms with Crippen molar-refractivity contribution in [3.63, 3.8) is 0 Å². The number of aromatic amines is 1. The van der Waals surface area contributed by atoms with Crippen molar-refractivity contribution in [2.24, 2.45) is 0 Å². The van der Waals surface area contributed by atoms with Crippen LogP contribution in [0.2, 0.25) is 0 Å². The minimum atomic E-state index is -3.27. The van der Waals surface area contributed by atoms with Gasteiger partial charge >= 0.3 is 0 Å². The highest BCUT2D eigenvalue weighted by atomic mass is 32.2. The van der Waals surface area contributed by atoms with Gasteiger partial charge in [0.15, 0.2) is 0 Å². The fourth-order valence-electron chi connectivity index (χ4n) is 2.68. The third kappa shape index (κ3) is 1.86. The molecule has 0 radical (unpaired) electrons. The van der Waals surface area contributed by atoms with Gasteiger partial charge in [-0.2, -0.15) is 22.1 Å². The van der Waals surface area contributed by atoms with Crippen LogP contribution in [0.1, 0.15) is 29.8 Å². The summed E-state index contributed by atoms with van der Waals surface area (Å²) < 4.78 is 28.1. The van der Waals surface area contributed by atoms with Crippen LogP contribution in [0.5, 0.6) is 0 Å². The van der Waals surface area contributed by atoms with Crippen LogP contribution < -0.4 is 0 Å². The molecular weight excluding hydrogens is 252 g/mol. The van der Waals surface area contributed by atoms with Crippen LogP contribution in [0, 0.1) is 6.92 Å². The number of hydrogen-bond donors (Lipinski definition) is 1. The molecule has 100 valence electrons. The molecule has 3 heterocycles. The van der Waals surface area contributed by atoms with Gasteiger partial charge < -0.3 is 0 Å². The molecule has 0 aromatic carbocycles. The zero-order valence-corrected chi connectivity index (χ0v) is 11.3. The Morgan fingerprint density at radius 3 is 2.61 bits per heavy atom. The molecule has 0 atom stereocenters. The molecule has 0 spiro atoms. The van der Waals surface area contributed by atoms with Crippen LogP contribution in [-0.4, -0.2) is 46.9 Å². The van der Waals surface area contributed by atoms with E-state index in [1.54, 1.807) is 8.61 Å². The minimum absolute atomic E-state index is 0.455. The van der Waals surface area contributed by atoms with E-state index in [1.165, 1.54) is 0 Å². The van der Waals surface area contributed by atoms with E-state index < -0.39 is 10.2 Å². The summed E-state index contributed by atoms with van der Waals surface area (Å²) in [6.07, 6.45) is 2.65. The standard InChI is InChI=1S/C11H18N4O2S/c1-9-10-8-15(7-4-11(10)13-12-9)18(16,17)14-5-2-3-6-14/h2-8H2,1H3,(H,12,13). The maximum Gasteiger partial charge on any atom is 0.282 e. The van der Waals surface area contributed by atoms with Gasteiger partial charge in [-0.25, -0.2) is 0 Å². The van der Waals surface area contributed by atoms with Crippen LogP contribution >= 0.6 is 0 Å². The Labute approximate surface area is 107 Å². The quantitative estimate of drug-likeness (QED) is 0.846. The molecular formula is C11H18N4O2S. The molecule has 0 bridgehead atoms. The van der Waals surface area contributed by atoms with E-state index in [0.29, 0.717) is 32.6 Å². The van der Waals surface area contributed by atoms with E-state index in [4.69, 9.17) is 0 Å². The third-order valence-electron chi connectivity index (χ3n) is 3.81. The number of hydrogen-bond acceptors (Lipinski definition) is 3. The van der Waals surface area contributed by atoms with E-state index in [0.717, 1.165) is 29.8 Å². The highest BCUT2D eigenvalue weighted by Gasteiger charge is 2.34. The molecule has 7 heteroatoms. The highest BCUT2D eigenvalue weighted by molar-refractivity contribution is 7.86. The summed E-state index contributed by atoms with van der Waals surface area (Å²) in [6.45, 7) is 4.26. The minimum Gasteiger partial charge on any atom is -0.282 e. The molecule has 1 aromatic rings. The Morgan fingerprint density at radius 2 is 1.89 bits per heavy atom. The van der Waals surface area contributed by atoms with Crippen LogP contribution in [0.3, 0.4) is 0 Å². The van der Waals surface area contributed by atoms with Crippen LogP contribution in [0.25, 0.3) is 0 Å². The summed E-state index contributed by atoms with van der Waals surface area (Å²) in [5.74, 6) is 0. The molecule has 18 heavy (non-hydrogen) atoms. The van der Waals surface area contributed by atoms with Crippen LogP contribution in [0.4, 0.5) is 0 Å². The van der Waals surface area contributed by atoms with E-state index >= 15 is 0 Å². The first-order valence-corrected chi connectivity index (χ1v) is 7.76. The number of H-pyrrole nitrogens is 1. The van der Waals surface area contributed by atoms with Crippen molar-refractivity contribution in [2.45, 2.75) is 32.7 Å². The lowest BCUT2D eigenvalue weighted by Crippen LogP contribution is -2.44. The lowest BCUT2D eigenvalue weighted by atomic mass is 10.1. The number of aryl methyl sites for hydroxylation is 1. The van der Waals surface area contributed by atoms with E-state index in [2.05, 4.69) is 10.2 Å². The maximum atomic E-state index is 12.5. The van der Waals surface area contributed by atoms with E-state index in [-0.39, 0.29) is 0 Å². The molecule has 1 fully saturated rings. The molecule has 0 aliphatic carbocycles. The molecule has 6 nitrogen and oxygen atoms in total. The molecule has 1 N–H and O–H groups in total. The Bertz CT molecular complexity index is 545. The molecule has 1 aromatic heterocycles. The second-order valence-corrected chi connectivity index (χ2v) is 6.90. The lowest BCUT2D eigenvalue weighted by molar-refractivity contribution is 0.344. The molecule has 1 saturated heterocycles. The summed E-state index contributed by atoms with van der Waals surface area (Å²) in [6, 6.07) is 0. The number of aromatic nitrogens is 2. The van der Waals surface area contributed by atoms with Gasteiger partial charge in [-0.05, 0) is 19.8 Å². The van der Waals surface area contributed by atoms with Crippen molar-refractivity contribution in [2.75, 3.05) is 19.6 Å². The largest absolute Gasteiger partial charge is 0.282 e. The third-order valence-corrected chi connectivity index (χ3v) is 5.79. The predicted octanol–water partition coefficient (Wildman–Crippen LogP) is 0.417. The van der Waals surface area contributed by atoms with Gasteiger partial charge in [0.1, 0.15) is 0 Å². The van der Waals surface area contributed by atoms with Gasteiger partial charge in [0.05, 0.1) is 5.69 Å². The Hall–Kier alpha value is -0.920. The SMILES string of the molecule is Cc1[nH]nc2c1CN(S(=O)(=O)N1CCCC1)CC2. The second-order valence-electron chi connectivity index (χ2n) is 4.97. The van der Waals surface area contributed by atoms with Gasteiger partial charge in [-0.3, -0.25) is 5.10 Å². The fraction of sp³-hybridized carbons (Fsp3) is 0.727. The van der Waals surface area contributed by atoms with Crippen LogP contribution in [-0.2, 0) is 23.2 Å². The van der Waals surface area contributed by atoms with Crippen molar-refractivity contribution >= 4 is 10.2 Å². The average molecular weight is 270 g/mol. The first-order valence-electron chi connectivity index (χ1n) is 6.37. The van der Waals surface area contributed by atoms with Crippen molar-refractivity contribution in [3.05, 3.63) is 17.0 Å². The molecule has 0 unspecified atom stereocenters. The van der Waals surface area contributed by atoms with Gasteiger partial charge in [0, 0.05) is 43.9 Å². The Kier molecular flexibility index (Phi) is 2.91. The van der Waals surface area contributed by atoms with E-state index in [9.17, 15) is 8.42 Å². The van der Waals surface area contributed by atoms with Crippen molar-refractivity contribution in [1.82, 2.24) is 18.8 Å². The monoisotopic (exact) mass is 270 g/mol. The molecule has 2 aliphatic heterocycles. The number of fused-ring (bicyclic) bond motifs is 1. The van der Waals surface area contributed by atoms with Crippen molar-refractivity contribution in [1.29, 1.82) is 0 Å². The lowest BCUT2D eigenvalue weighted by Gasteiger charge is -2.29. The first kappa shape index (κ1) is 12.1. The number of nitrogens with one attached hydrogen (secondary N) is 1. The molecule has 2 aliphatic rings. The zero-order valence-electron chi connectivity index (χ0n) is 10.5. The summed E-state index contributed by atoms with van der Waals surface area (Å²) in [7, 11) is -3.27. The van der Waals surface area contributed by atoms with Crippen molar-refractivity contribution < 1.29 is 8.42 Å². The van der Waals surface area contributed by atoms with Gasteiger partial charge in [-0.1, -0.05) is 0 Å². The summed E-state index contributed by atoms with van der Waals surface area (Å²) in [5, 5.41) is 7.15. The summed E-state index contributed by atoms with van der Waals surface area (Å²) in [5.41, 5.74) is 3.04. The highest BCUT2D eigenvalue weighted by Crippen LogP contribution is 2.25. The topological polar surface area (TPSA) is 69.3 Å². The second kappa shape index (κ2) is 4.32. The van der Waals surface area contributed by atoms with Crippen molar-refractivity contribution in [3.8, 4) is 0 Å². The normalized spacial score (nSPS) is 22.3. The summed E-state index contributed by atoms with van der Waals surface area (Å²) in [4.78, 5) is 0. The fourth-order valence-corrected chi connectivity index (χ4v) is 4.34.